The standard InChI is InChI=1S/C49H39N3/c1-3-18-47-41(4-2)43-26-15-17-28-48(43)52(47)40-31-29-35(30-32-40)37-33-44(36-19-8-5-9-20-36)49(51-39-23-12-7-13-24-39)45(34-37)42-25-14-16-27-46(42)50-38-21-10-6-11-22-38/h3-34,50-51H,2H2,1H3/b18-3-. The summed E-state index contributed by atoms with van der Waals surface area (Å²) in [5.74, 6) is 0. The summed E-state index contributed by atoms with van der Waals surface area (Å²) in [4.78, 5) is 0. The molecule has 0 unspecified atom stereocenters. The first-order valence-corrected chi connectivity index (χ1v) is 17.7. The fourth-order valence-corrected chi connectivity index (χ4v) is 7.07. The molecule has 0 aliphatic heterocycles. The molecule has 0 spiro atoms. The zero-order valence-electron chi connectivity index (χ0n) is 29.1. The number of fused-ring (bicyclic) bond motifs is 1. The molecule has 0 fully saturated rings. The van der Waals surface area contributed by atoms with Gasteiger partial charge in [0.2, 0.25) is 0 Å². The highest BCUT2D eigenvalue weighted by Gasteiger charge is 2.19. The van der Waals surface area contributed by atoms with Crippen molar-refractivity contribution in [2.24, 2.45) is 0 Å². The fourth-order valence-electron chi connectivity index (χ4n) is 7.07. The third-order valence-electron chi connectivity index (χ3n) is 9.48. The van der Waals surface area contributed by atoms with Gasteiger partial charge in [-0.1, -0.05) is 134 Å². The predicted octanol–water partition coefficient (Wildman–Crippen LogP) is 13.8. The van der Waals surface area contributed by atoms with Crippen molar-refractivity contribution < 1.29 is 0 Å². The molecular formula is C49H39N3. The highest BCUT2D eigenvalue weighted by molar-refractivity contribution is 6.00. The maximum Gasteiger partial charge on any atom is 0.0544 e. The van der Waals surface area contributed by atoms with E-state index < -0.39 is 0 Å². The van der Waals surface area contributed by atoms with Crippen LogP contribution >= 0.6 is 0 Å². The Hall–Kier alpha value is -6.84. The summed E-state index contributed by atoms with van der Waals surface area (Å²) in [6.45, 7) is 6.22. The molecule has 0 aliphatic carbocycles. The molecule has 1 heterocycles. The Morgan fingerprint density at radius 1 is 0.519 bits per heavy atom. The minimum absolute atomic E-state index is 1.03. The maximum atomic E-state index is 4.16. The molecule has 3 heteroatoms. The Labute approximate surface area is 305 Å². The average Bonchev–Trinajstić information content (AvgIpc) is 3.52. The van der Waals surface area contributed by atoms with E-state index >= 15 is 0 Å². The van der Waals surface area contributed by atoms with E-state index in [2.05, 4.69) is 205 Å². The highest BCUT2D eigenvalue weighted by Crippen LogP contribution is 2.45. The van der Waals surface area contributed by atoms with Crippen LogP contribution < -0.4 is 10.6 Å². The van der Waals surface area contributed by atoms with Crippen molar-refractivity contribution in [3.05, 3.63) is 200 Å². The van der Waals surface area contributed by atoms with Crippen molar-refractivity contribution in [2.75, 3.05) is 10.6 Å². The molecule has 0 saturated carbocycles. The van der Waals surface area contributed by atoms with Crippen LogP contribution in [0.3, 0.4) is 0 Å². The molecule has 0 bridgehead atoms. The minimum atomic E-state index is 1.03. The van der Waals surface area contributed by atoms with Gasteiger partial charge in [-0.25, -0.2) is 0 Å². The Morgan fingerprint density at radius 3 is 1.81 bits per heavy atom. The summed E-state index contributed by atoms with van der Waals surface area (Å²) in [6.07, 6.45) is 6.22. The van der Waals surface area contributed by atoms with Gasteiger partial charge in [0, 0.05) is 50.4 Å². The molecule has 0 amide bonds. The molecule has 250 valence electrons. The van der Waals surface area contributed by atoms with Crippen LogP contribution in [0.4, 0.5) is 22.7 Å². The molecule has 0 saturated heterocycles. The molecule has 3 nitrogen and oxygen atoms in total. The third-order valence-corrected chi connectivity index (χ3v) is 9.48. The molecule has 7 aromatic carbocycles. The zero-order chi connectivity index (χ0) is 35.3. The lowest BCUT2D eigenvalue weighted by Gasteiger charge is -2.22. The maximum absolute atomic E-state index is 4.16. The number of nitrogens with one attached hydrogen (secondary N) is 2. The number of aromatic nitrogens is 1. The molecule has 0 radical (unpaired) electrons. The monoisotopic (exact) mass is 669 g/mol. The van der Waals surface area contributed by atoms with Crippen molar-refractivity contribution in [1.82, 2.24) is 4.57 Å². The zero-order valence-corrected chi connectivity index (χ0v) is 29.1. The van der Waals surface area contributed by atoms with Gasteiger partial charge in [0.1, 0.15) is 0 Å². The van der Waals surface area contributed by atoms with Crippen molar-refractivity contribution in [3.63, 3.8) is 0 Å². The molecule has 8 rings (SSSR count). The van der Waals surface area contributed by atoms with Gasteiger partial charge in [0.25, 0.3) is 0 Å². The molecule has 1 aromatic heterocycles. The number of anilines is 4. The minimum Gasteiger partial charge on any atom is -0.355 e. The van der Waals surface area contributed by atoms with Crippen LogP contribution in [0.25, 0.3) is 62.1 Å². The topological polar surface area (TPSA) is 29.0 Å². The number of allylic oxidation sites excluding steroid dienone is 1. The van der Waals surface area contributed by atoms with Crippen LogP contribution in [0, 0.1) is 0 Å². The summed E-state index contributed by atoms with van der Waals surface area (Å²) in [7, 11) is 0. The van der Waals surface area contributed by atoms with Crippen molar-refractivity contribution >= 4 is 45.8 Å². The first-order valence-electron chi connectivity index (χ1n) is 17.7. The van der Waals surface area contributed by atoms with E-state index in [1.807, 2.05) is 18.2 Å². The van der Waals surface area contributed by atoms with E-state index in [9.17, 15) is 0 Å². The van der Waals surface area contributed by atoms with Gasteiger partial charge in [-0.2, -0.15) is 0 Å². The number of hydrogen-bond donors (Lipinski definition) is 2. The first-order chi connectivity index (χ1) is 25.7. The molecular weight excluding hydrogens is 631 g/mol. The quantitative estimate of drug-likeness (QED) is 0.152. The van der Waals surface area contributed by atoms with Gasteiger partial charge < -0.3 is 15.2 Å². The Bertz CT molecular complexity index is 2510. The van der Waals surface area contributed by atoms with Gasteiger partial charge in [-0.3, -0.25) is 0 Å². The number of para-hydroxylation sites is 4. The van der Waals surface area contributed by atoms with Gasteiger partial charge in [-0.15, -0.1) is 0 Å². The Kier molecular flexibility index (Phi) is 9.06. The summed E-state index contributed by atoms with van der Waals surface area (Å²) in [6, 6.07) is 62.1. The van der Waals surface area contributed by atoms with E-state index in [0.717, 1.165) is 78.6 Å². The number of hydrogen-bond acceptors (Lipinski definition) is 2. The molecule has 0 atom stereocenters. The second kappa shape index (κ2) is 14.6. The highest BCUT2D eigenvalue weighted by atomic mass is 15.0. The molecule has 52 heavy (non-hydrogen) atoms. The van der Waals surface area contributed by atoms with Crippen LogP contribution in [-0.4, -0.2) is 4.57 Å². The second-order valence-corrected chi connectivity index (χ2v) is 12.7. The van der Waals surface area contributed by atoms with Crippen molar-refractivity contribution in [2.45, 2.75) is 6.92 Å². The number of benzene rings is 7. The van der Waals surface area contributed by atoms with E-state index in [1.165, 1.54) is 5.39 Å². The first kappa shape index (κ1) is 32.4. The Balaban J connectivity index is 1.33. The summed E-state index contributed by atoms with van der Waals surface area (Å²) in [5, 5.41) is 8.73. The average molecular weight is 670 g/mol. The SMILES string of the molecule is C=Cc1c(/C=C\C)n(-c2ccc(-c3cc(-c4ccccc4)c(Nc4ccccc4)c(-c4ccccc4Nc4ccccc4)c3)cc2)c2ccccc12. The van der Waals surface area contributed by atoms with Crippen LogP contribution in [0.2, 0.25) is 0 Å². The van der Waals surface area contributed by atoms with Gasteiger partial charge in [-0.05, 0) is 90.4 Å². The number of nitrogens with zero attached hydrogens (tertiary/aromatic N) is 1. The van der Waals surface area contributed by atoms with E-state index in [-0.39, 0.29) is 0 Å². The molecule has 2 N–H and O–H groups in total. The molecule has 8 aromatic rings. The summed E-state index contributed by atoms with van der Waals surface area (Å²) >= 11 is 0. The van der Waals surface area contributed by atoms with E-state index in [1.54, 1.807) is 0 Å². The van der Waals surface area contributed by atoms with Crippen LogP contribution in [-0.2, 0) is 0 Å². The summed E-state index contributed by atoms with van der Waals surface area (Å²) in [5.41, 5.74) is 15.4. The smallest absolute Gasteiger partial charge is 0.0544 e. The molecule has 0 aliphatic rings. The van der Waals surface area contributed by atoms with Gasteiger partial charge >= 0.3 is 0 Å². The predicted molar refractivity (Wildman–Crippen MR) is 224 cm³/mol. The largest absolute Gasteiger partial charge is 0.355 e. The lowest BCUT2D eigenvalue weighted by atomic mass is 9.90. The normalized spacial score (nSPS) is 11.2. The summed E-state index contributed by atoms with van der Waals surface area (Å²) < 4.78 is 2.33. The lowest BCUT2D eigenvalue weighted by molar-refractivity contribution is 1.10. The van der Waals surface area contributed by atoms with E-state index in [4.69, 9.17) is 0 Å². The van der Waals surface area contributed by atoms with Crippen LogP contribution in [0.5, 0.6) is 0 Å². The second-order valence-electron chi connectivity index (χ2n) is 12.7. The van der Waals surface area contributed by atoms with Crippen molar-refractivity contribution in [3.8, 4) is 39.1 Å². The van der Waals surface area contributed by atoms with Gasteiger partial charge in [0.05, 0.1) is 16.9 Å². The van der Waals surface area contributed by atoms with Gasteiger partial charge in [0.15, 0.2) is 0 Å². The van der Waals surface area contributed by atoms with E-state index in [0.29, 0.717) is 0 Å². The lowest BCUT2D eigenvalue weighted by Crippen LogP contribution is -2.00. The fraction of sp³-hybridized carbons (Fsp3) is 0.0204. The van der Waals surface area contributed by atoms with Crippen LogP contribution in [0.1, 0.15) is 18.2 Å². The number of rotatable bonds is 10. The third kappa shape index (κ3) is 6.32. The van der Waals surface area contributed by atoms with Crippen LogP contribution in [0.15, 0.2) is 189 Å². The Morgan fingerprint density at radius 2 is 1.12 bits per heavy atom. The van der Waals surface area contributed by atoms with Crippen molar-refractivity contribution in [1.29, 1.82) is 0 Å².